The van der Waals surface area contributed by atoms with Crippen LogP contribution in [0.2, 0.25) is 0 Å². The van der Waals surface area contributed by atoms with Gasteiger partial charge in [0, 0.05) is 12.8 Å². The van der Waals surface area contributed by atoms with E-state index in [1.807, 2.05) is 0 Å². The molecule has 0 aliphatic heterocycles. The first-order chi connectivity index (χ1) is 13.5. The molecular weight excluding hydrogens is 352 g/mol. The molecule has 0 saturated heterocycles. The summed E-state index contributed by atoms with van der Waals surface area (Å²) < 4.78 is 10.8. The largest absolute Gasteiger partial charge is 0.459 e. The Balaban J connectivity index is 3.70. The average molecular weight is 399 g/mol. The van der Waals surface area contributed by atoms with Gasteiger partial charge in [0.2, 0.25) is 0 Å². The fourth-order valence-electron chi connectivity index (χ4n) is 3.18. The Hall–Kier alpha value is -1.06. The first kappa shape index (κ1) is 26.9. The van der Waals surface area contributed by atoms with Crippen LogP contribution in [0.4, 0.5) is 0 Å². The molecule has 2 unspecified atom stereocenters. The highest BCUT2D eigenvalue weighted by atomic mass is 16.6. The van der Waals surface area contributed by atoms with Gasteiger partial charge in [-0.25, -0.2) is 0 Å². The number of hydrogen-bond donors (Lipinski definition) is 0. The van der Waals surface area contributed by atoms with Gasteiger partial charge in [-0.15, -0.1) is 0 Å². The lowest BCUT2D eigenvalue weighted by molar-refractivity contribution is -0.165. The zero-order valence-corrected chi connectivity index (χ0v) is 19.1. The van der Waals surface area contributed by atoms with Crippen LogP contribution < -0.4 is 0 Å². The number of esters is 2. The lowest BCUT2D eigenvalue weighted by atomic mass is 10.1. The van der Waals surface area contributed by atoms with Crippen molar-refractivity contribution in [1.29, 1.82) is 0 Å². The highest BCUT2D eigenvalue weighted by molar-refractivity contribution is 5.70. The van der Waals surface area contributed by atoms with E-state index in [1.54, 1.807) is 13.8 Å². The van der Waals surface area contributed by atoms with Gasteiger partial charge in [-0.1, -0.05) is 90.9 Å². The third-order valence-electron chi connectivity index (χ3n) is 5.26. The molecule has 0 N–H and O–H groups in total. The van der Waals surface area contributed by atoms with Crippen LogP contribution in [-0.4, -0.2) is 24.1 Å². The maximum Gasteiger partial charge on any atom is 0.306 e. The summed E-state index contributed by atoms with van der Waals surface area (Å²) >= 11 is 0. The third-order valence-corrected chi connectivity index (χ3v) is 5.26. The van der Waals surface area contributed by atoms with Crippen LogP contribution in [0.15, 0.2) is 0 Å². The molecule has 2 atom stereocenters. The molecule has 166 valence electrons. The Morgan fingerprint density at radius 2 is 0.821 bits per heavy atom. The number of unbranched alkanes of at least 4 members (excludes halogenated alkanes) is 12. The molecule has 0 radical (unpaired) electrons. The van der Waals surface area contributed by atoms with E-state index < -0.39 is 12.2 Å². The molecule has 4 heteroatoms. The van der Waals surface area contributed by atoms with E-state index in [1.165, 1.54) is 64.2 Å². The van der Waals surface area contributed by atoms with Crippen molar-refractivity contribution in [2.24, 2.45) is 0 Å². The van der Waals surface area contributed by atoms with Crippen molar-refractivity contribution in [3.63, 3.8) is 0 Å². The first-order valence-electron chi connectivity index (χ1n) is 11.9. The molecule has 0 rings (SSSR count). The molecule has 0 fully saturated rings. The molecule has 0 bridgehead atoms. The van der Waals surface area contributed by atoms with E-state index in [0.717, 1.165) is 25.7 Å². The minimum absolute atomic E-state index is 0.184. The first-order valence-corrected chi connectivity index (χ1v) is 11.9. The van der Waals surface area contributed by atoms with E-state index in [4.69, 9.17) is 9.47 Å². The second-order valence-electron chi connectivity index (χ2n) is 8.13. The van der Waals surface area contributed by atoms with Crippen LogP contribution in [0.5, 0.6) is 0 Å². The fraction of sp³-hybridized carbons (Fsp3) is 0.917. The standard InChI is InChI=1S/C24H46O4/c1-5-7-9-11-13-15-17-19-23(25)27-21(3)22(4)28-24(26)20-18-16-14-12-10-8-6-2/h21-22H,5-20H2,1-4H3. The van der Waals surface area contributed by atoms with Crippen molar-refractivity contribution < 1.29 is 19.1 Å². The predicted octanol–water partition coefficient (Wildman–Crippen LogP) is 7.13. The van der Waals surface area contributed by atoms with Crippen molar-refractivity contribution >= 4 is 11.9 Å². The van der Waals surface area contributed by atoms with Gasteiger partial charge in [0.15, 0.2) is 0 Å². The summed E-state index contributed by atoms with van der Waals surface area (Å²) in [7, 11) is 0. The Morgan fingerprint density at radius 1 is 0.536 bits per heavy atom. The zero-order valence-electron chi connectivity index (χ0n) is 19.1. The summed E-state index contributed by atoms with van der Waals surface area (Å²) in [6.07, 6.45) is 16.6. The topological polar surface area (TPSA) is 52.6 Å². The monoisotopic (exact) mass is 398 g/mol. The molecule has 28 heavy (non-hydrogen) atoms. The van der Waals surface area contributed by atoms with Gasteiger partial charge in [-0.05, 0) is 26.7 Å². The van der Waals surface area contributed by atoms with Crippen LogP contribution in [0.1, 0.15) is 130 Å². The van der Waals surface area contributed by atoms with Crippen LogP contribution in [0.25, 0.3) is 0 Å². The molecular formula is C24H46O4. The van der Waals surface area contributed by atoms with E-state index >= 15 is 0 Å². The second kappa shape index (κ2) is 19.3. The van der Waals surface area contributed by atoms with Crippen molar-refractivity contribution in [2.75, 3.05) is 0 Å². The maximum absolute atomic E-state index is 11.9. The molecule has 0 aromatic rings. The maximum atomic E-state index is 11.9. The number of hydrogen-bond acceptors (Lipinski definition) is 4. The van der Waals surface area contributed by atoms with Gasteiger partial charge >= 0.3 is 11.9 Å². The van der Waals surface area contributed by atoms with Crippen molar-refractivity contribution in [2.45, 2.75) is 143 Å². The Morgan fingerprint density at radius 3 is 1.14 bits per heavy atom. The van der Waals surface area contributed by atoms with Gasteiger partial charge in [0.05, 0.1) is 0 Å². The highest BCUT2D eigenvalue weighted by Crippen LogP contribution is 2.13. The molecule has 0 spiro atoms. The quantitative estimate of drug-likeness (QED) is 0.171. The van der Waals surface area contributed by atoms with Gasteiger partial charge in [0.25, 0.3) is 0 Å². The second-order valence-corrected chi connectivity index (χ2v) is 8.13. The molecule has 0 saturated carbocycles. The predicted molar refractivity (Wildman–Crippen MR) is 116 cm³/mol. The van der Waals surface area contributed by atoms with Gasteiger partial charge in [0.1, 0.15) is 12.2 Å². The van der Waals surface area contributed by atoms with Crippen LogP contribution in [0.3, 0.4) is 0 Å². The molecule has 0 aromatic carbocycles. The van der Waals surface area contributed by atoms with E-state index in [9.17, 15) is 9.59 Å². The van der Waals surface area contributed by atoms with Crippen molar-refractivity contribution in [3.05, 3.63) is 0 Å². The number of ether oxygens (including phenoxy) is 2. The highest BCUT2D eigenvalue weighted by Gasteiger charge is 2.20. The minimum Gasteiger partial charge on any atom is -0.459 e. The van der Waals surface area contributed by atoms with Crippen LogP contribution in [0, 0.1) is 0 Å². The van der Waals surface area contributed by atoms with Gasteiger partial charge in [-0.3, -0.25) is 9.59 Å². The summed E-state index contributed by atoms with van der Waals surface area (Å²) in [6, 6.07) is 0. The van der Waals surface area contributed by atoms with Crippen LogP contribution >= 0.6 is 0 Å². The molecule has 0 aliphatic carbocycles. The average Bonchev–Trinajstić information content (AvgIpc) is 2.66. The summed E-state index contributed by atoms with van der Waals surface area (Å²) in [5, 5.41) is 0. The molecule has 0 aromatic heterocycles. The summed E-state index contributed by atoms with van der Waals surface area (Å²) in [4.78, 5) is 23.9. The lowest BCUT2D eigenvalue weighted by Crippen LogP contribution is -2.30. The van der Waals surface area contributed by atoms with Crippen molar-refractivity contribution in [1.82, 2.24) is 0 Å². The molecule has 0 amide bonds. The van der Waals surface area contributed by atoms with Crippen LogP contribution in [-0.2, 0) is 19.1 Å². The Bertz CT molecular complexity index is 345. The number of rotatable bonds is 19. The van der Waals surface area contributed by atoms with E-state index in [-0.39, 0.29) is 11.9 Å². The molecule has 4 nitrogen and oxygen atoms in total. The molecule has 0 heterocycles. The zero-order chi connectivity index (χ0) is 21.0. The van der Waals surface area contributed by atoms with E-state index in [0.29, 0.717) is 12.8 Å². The summed E-state index contributed by atoms with van der Waals surface area (Å²) in [6.45, 7) is 8.03. The Kier molecular flexibility index (Phi) is 18.5. The van der Waals surface area contributed by atoms with E-state index in [2.05, 4.69) is 13.8 Å². The lowest BCUT2D eigenvalue weighted by Gasteiger charge is -2.21. The Labute approximate surface area is 174 Å². The smallest absolute Gasteiger partial charge is 0.306 e. The third kappa shape index (κ3) is 17.1. The number of carbonyl (C=O) groups is 2. The fourth-order valence-corrected chi connectivity index (χ4v) is 3.18. The molecule has 0 aliphatic rings. The minimum atomic E-state index is -0.393. The van der Waals surface area contributed by atoms with Gasteiger partial charge in [-0.2, -0.15) is 0 Å². The van der Waals surface area contributed by atoms with Crippen molar-refractivity contribution in [3.8, 4) is 0 Å². The summed E-state index contributed by atoms with van der Waals surface area (Å²) in [5.41, 5.74) is 0. The number of carbonyl (C=O) groups excluding carboxylic acids is 2. The van der Waals surface area contributed by atoms with Gasteiger partial charge < -0.3 is 9.47 Å². The normalized spacial score (nSPS) is 13.1. The summed E-state index contributed by atoms with van der Waals surface area (Å²) in [5.74, 6) is -0.368. The SMILES string of the molecule is CCCCCCCCCC(=O)OC(C)C(C)OC(=O)CCCCCCCCC.